The zero-order chi connectivity index (χ0) is 17.0. The molecule has 130 valence electrons. The first-order chi connectivity index (χ1) is 11.5. The predicted octanol–water partition coefficient (Wildman–Crippen LogP) is 1.87. The normalized spacial score (nSPS) is 17.0. The number of aromatic nitrogens is 2. The Hall–Kier alpha value is -2.13. The number of anilines is 1. The van der Waals surface area contributed by atoms with Gasteiger partial charge in [0.15, 0.2) is 0 Å². The largest absolute Gasteiger partial charge is 0.407 e. The van der Waals surface area contributed by atoms with Gasteiger partial charge in [-0.1, -0.05) is 30.3 Å². The molecule has 6 nitrogen and oxygen atoms in total. The van der Waals surface area contributed by atoms with Crippen molar-refractivity contribution in [3.8, 4) is 0 Å². The van der Waals surface area contributed by atoms with Crippen LogP contribution in [0.15, 0.2) is 34.9 Å². The lowest BCUT2D eigenvalue weighted by molar-refractivity contribution is -0.158. The highest BCUT2D eigenvalue weighted by Crippen LogP contribution is 2.32. The van der Waals surface area contributed by atoms with Crippen LogP contribution in [0.25, 0.3) is 0 Å². The molecule has 1 atom stereocenters. The zero-order valence-corrected chi connectivity index (χ0v) is 12.9. The molecule has 2 N–H and O–H groups in total. The summed E-state index contributed by atoms with van der Waals surface area (Å²) < 4.78 is 44.8. The Morgan fingerprint density at radius 3 is 2.58 bits per heavy atom. The van der Waals surface area contributed by atoms with Gasteiger partial charge >= 0.3 is 6.18 Å². The molecule has 1 saturated heterocycles. The Balaban J connectivity index is 1.66. The molecule has 0 amide bonds. The van der Waals surface area contributed by atoms with Crippen molar-refractivity contribution in [2.75, 3.05) is 31.1 Å². The molecule has 1 unspecified atom stereocenters. The summed E-state index contributed by atoms with van der Waals surface area (Å²) in [6, 6.07) is 5.91. The molecule has 1 aliphatic heterocycles. The van der Waals surface area contributed by atoms with Crippen LogP contribution in [-0.4, -0.2) is 42.5 Å². The fourth-order valence-corrected chi connectivity index (χ4v) is 2.57. The van der Waals surface area contributed by atoms with Crippen LogP contribution in [0.4, 0.5) is 19.1 Å². The maximum Gasteiger partial charge on any atom is 0.407 e. The van der Waals surface area contributed by atoms with Crippen molar-refractivity contribution in [1.29, 1.82) is 0 Å². The van der Waals surface area contributed by atoms with E-state index >= 15 is 0 Å². The van der Waals surface area contributed by atoms with E-state index in [1.165, 1.54) is 12.1 Å². The molecule has 0 aliphatic carbocycles. The molecular weight excluding hydrogens is 323 g/mol. The molecule has 0 radical (unpaired) electrons. The summed E-state index contributed by atoms with van der Waals surface area (Å²) in [6.45, 7) is 2.94. The van der Waals surface area contributed by atoms with Gasteiger partial charge < -0.3 is 14.7 Å². The minimum atomic E-state index is -4.41. The lowest BCUT2D eigenvalue weighted by Crippen LogP contribution is -2.44. The summed E-state index contributed by atoms with van der Waals surface area (Å²) >= 11 is 0. The Morgan fingerprint density at radius 2 is 1.92 bits per heavy atom. The van der Waals surface area contributed by atoms with E-state index in [0.717, 1.165) is 26.2 Å². The number of benzene rings is 1. The van der Waals surface area contributed by atoms with Crippen LogP contribution in [0, 0.1) is 0 Å². The van der Waals surface area contributed by atoms with Gasteiger partial charge in [0.1, 0.15) is 6.04 Å². The van der Waals surface area contributed by atoms with Gasteiger partial charge in [-0.05, 0) is 10.7 Å². The molecule has 0 bridgehead atoms. The molecule has 1 aromatic heterocycles. The van der Waals surface area contributed by atoms with Gasteiger partial charge in [0.05, 0.1) is 6.54 Å². The third kappa shape index (κ3) is 4.04. The molecule has 0 spiro atoms. The van der Waals surface area contributed by atoms with Crippen molar-refractivity contribution in [1.82, 2.24) is 20.8 Å². The summed E-state index contributed by atoms with van der Waals surface area (Å²) in [6.07, 6.45) is -4.41. The third-order valence-corrected chi connectivity index (χ3v) is 3.77. The van der Waals surface area contributed by atoms with E-state index in [9.17, 15) is 13.2 Å². The maximum absolute atomic E-state index is 13.3. The Morgan fingerprint density at radius 1 is 1.21 bits per heavy atom. The SMILES string of the molecule is FC(F)(F)C(NCc1nc(N2CCNCC2)no1)c1ccccc1. The lowest BCUT2D eigenvalue weighted by Gasteiger charge is -2.25. The van der Waals surface area contributed by atoms with Crippen molar-refractivity contribution >= 4 is 5.95 Å². The fraction of sp³-hybridized carbons (Fsp3) is 0.467. The van der Waals surface area contributed by atoms with Crippen LogP contribution < -0.4 is 15.5 Å². The van der Waals surface area contributed by atoms with Crippen LogP contribution in [0.2, 0.25) is 0 Å². The van der Waals surface area contributed by atoms with Gasteiger partial charge in [-0.3, -0.25) is 5.32 Å². The van der Waals surface area contributed by atoms with Crippen molar-refractivity contribution in [2.24, 2.45) is 0 Å². The second-order valence-corrected chi connectivity index (χ2v) is 5.49. The Bertz CT molecular complexity index is 640. The van der Waals surface area contributed by atoms with Gasteiger partial charge in [0, 0.05) is 26.2 Å². The summed E-state index contributed by atoms with van der Waals surface area (Å²) in [5, 5.41) is 9.50. The fourth-order valence-electron chi connectivity index (χ4n) is 2.57. The molecule has 0 saturated carbocycles. The van der Waals surface area contributed by atoms with Crippen molar-refractivity contribution < 1.29 is 17.7 Å². The predicted molar refractivity (Wildman–Crippen MR) is 81.5 cm³/mol. The summed E-state index contributed by atoms with van der Waals surface area (Å²) in [5.74, 6) is 0.547. The minimum absolute atomic E-state index is 0.133. The van der Waals surface area contributed by atoms with Gasteiger partial charge in [0.25, 0.3) is 5.95 Å². The third-order valence-electron chi connectivity index (χ3n) is 3.77. The number of hydrogen-bond acceptors (Lipinski definition) is 6. The van der Waals surface area contributed by atoms with E-state index in [4.69, 9.17) is 4.52 Å². The first kappa shape index (κ1) is 16.7. The van der Waals surface area contributed by atoms with Crippen molar-refractivity contribution in [2.45, 2.75) is 18.8 Å². The Labute approximate surface area is 137 Å². The van der Waals surface area contributed by atoms with Crippen LogP contribution in [0.5, 0.6) is 0 Å². The van der Waals surface area contributed by atoms with Crippen LogP contribution in [0.1, 0.15) is 17.5 Å². The summed E-state index contributed by atoms with van der Waals surface area (Å²) in [7, 11) is 0. The summed E-state index contributed by atoms with van der Waals surface area (Å²) in [5.41, 5.74) is 0.145. The van der Waals surface area contributed by atoms with Crippen molar-refractivity contribution in [3.05, 3.63) is 41.8 Å². The monoisotopic (exact) mass is 341 g/mol. The topological polar surface area (TPSA) is 66.2 Å². The second kappa shape index (κ2) is 7.18. The minimum Gasteiger partial charge on any atom is -0.336 e. The number of rotatable bonds is 5. The molecule has 2 heterocycles. The number of nitrogens with one attached hydrogen (secondary N) is 2. The number of alkyl halides is 3. The van der Waals surface area contributed by atoms with Crippen LogP contribution in [0.3, 0.4) is 0 Å². The van der Waals surface area contributed by atoms with E-state index < -0.39 is 12.2 Å². The first-order valence-corrected chi connectivity index (χ1v) is 7.67. The Kier molecular flexibility index (Phi) is 5.00. The molecule has 1 aromatic carbocycles. The molecule has 1 aliphatic rings. The van der Waals surface area contributed by atoms with Gasteiger partial charge in [-0.25, -0.2) is 0 Å². The average molecular weight is 341 g/mol. The smallest absolute Gasteiger partial charge is 0.336 e. The number of nitrogens with zero attached hydrogens (tertiary/aromatic N) is 3. The number of hydrogen-bond donors (Lipinski definition) is 2. The quantitative estimate of drug-likeness (QED) is 0.866. The maximum atomic E-state index is 13.3. The number of piperazine rings is 1. The standard InChI is InChI=1S/C15H18F3N5O/c16-15(17,18)13(11-4-2-1-3-5-11)20-10-12-21-14(22-24-12)23-8-6-19-7-9-23/h1-5,13,19-20H,6-10H2. The lowest BCUT2D eigenvalue weighted by atomic mass is 10.1. The average Bonchev–Trinajstić information content (AvgIpc) is 3.05. The highest BCUT2D eigenvalue weighted by molar-refractivity contribution is 5.28. The highest BCUT2D eigenvalue weighted by atomic mass is 19.4. The van der Waals surface area contributed by atoms with Crippen molar-refractivity contribution in [3.63, 3.8) is 0 Å². The first-order valence-electron chi connectivity index (χ1n) is 7.67. The molecule has 2 aromatic rings. The van der Waals surface area contributed by atoms with E-state index in [1.807, 2.05) is 4.90 Å². The van der Waals surface area contributed by atoms with Gasteiger partial charge in [-0.2, -0.15) is 18.2 Å². The van der Waals surface area contributed by atoms with E-state index in [-0.39, 0.29) is 18.0 Å². The highest BCUT2D eigenvalue weighted by Gasteiger charge is 2.40. The summed E-state index contributed by atoms with van der Waals surface area (Å²) in [4.78, 5) is 6.10. The van der Waals surface area contributed by atoms with E-state index in [2.05, 4.69) is 20.8 Å². The van der Waals surface area contributed by atoms with Gasteiger partial charge in [0.2, 0.25) is 5.89 Å². The van der Waals surface area contributed by atoms with Gasteiger partial charge in [-0.15, -0.1) is 0 Å². The van der Waals surface area contributed by atoms with E-state index in [1.54, 1.807) is 18.2 Å². The van der Waals surface area contributed by atoms with E-state index in [0.29, 0.717) is 5.95 Å². The molecule has 3 rings (SSSR count). The molecule has 24 heavy (non-hydrogen) atoms. The van der Waals surface area contributed by atoms with Crippen LogP contribution >= 0.6 is 0 Å². The molecular formula is C15H18F3N5O. The zero-order valence-electron chi connectivity index (χ0n) is 12.9. The molecule has 1 fully saturated rings. The van der Waals surface area contributed by atoms with Crippen LogP contribution in [-0.2, 0) is 6.54 Å². The number of halogens is 3. The second-order valence-electron chi connectivity index (χ2n) is 5.49. The molecule has 9 heteroatoms.